The Hall–Kier alpha value is -4.18. The summed E-state index contributed by atoms with van der Waals surface area (Å²) in [6, 6.07) is 5.74. The molecule has 6 aliphatic heterocycles. The van der Waals surface area contributed by atoms with E-state index in [4.69, 9.17) is 14.4 Å². The van der Waals surface area contributed by atoms with E-state index in [1.807, 2.05) is 19.6 Å². The second-order valence-corrected chi connectivity index (χ2v) is 13.9. The van der Waals surface area contributed by atoms with Crippen molar-refractivity contribution in [1.29, 1.82) is 0 Å². The van der Waals surface area contributed by atoms with Gasteiger partial charge in [-0.25, -0.2) is 9.59 Å². The van der Waals surface area contributed by atoms with Crippen LogP contribution in [-0.2, 0) is 44.9 Å². The number of benzene rings is 1. The van der Waals surface area contributed by atoms with E-state index >= 15 is 0 Å². The SMILES string of the molecule is C[C@@H](NC(=O)c1ccc(CNC(=O)CN2CCN3CCN4CC(=O)ON(OC(=O)C3)C3(C4)CN(CC2)CC(=O)O3)cc1)C(=O)N1CCC[C@H]1B(O)O. The lowest BCUT2D eigenvalue weighted by Crippen LogP contribution is -2.67. The van der Waals surface area contributed by atoms with Gasteiger partial charge in [-0.05, 0) is 37.5 Å². The van der Waals surface area contributed by atoms with Crippen LogP contribution in [0, 0.1) is 0 Å². The Kier molecular flexibility index (Phi) is 11.7. The molecular weight excluding hydrogens is 683 g/mol. The minimum Gasteiger partial charge on any atom is -0.433 e. The molecule has 5 bridgehead atoms. The van der Waals surface area contributed by atoms with E-state index in [9.17, 15) is 38.8 Å². The van der Waals surface area contributed by atoms with Crippen LogP contribution in [0.5, 0.6) is 0 Å². The Labute approximate surface area is 300 Å². The highest BCUT2D eigenvalue weighted by Crippen LogP contribution is 2.29. The average molecular weight is 729 g/mol. The largest absolute Gasteiger partial charge is 0.475 e. The molecule has 0 radical (unpaired) electrons. The van der Waals surface area contributed by atoms with Crippen molar-refractivity contribution in [3.8, 4) is 0 Å². The third-order valence-electron chi connectivity index (χ3n) is 9.92. The van der Waals surface area contributed by atoms with Gasteiger partial charge in [-0.1, -0.05) is 12.1 Å². The number of fused-ring (bicyclic) bond motifs is 7. The summed E-state index contributed by atoms with van der Waals surface area (Å²) in [5, 5.41) is 25.5. The van der Waals surface area contributed by atoms with E-state index < -0.39 is 48.6 Å². The number of carbonyl (C=O) groups excluding carboxylic acids is 6. The van der Waals surface area contributed by atoms with Crippen LogP contribution in [0.1, 0.15) is 35.7 Å². The second-order valence-electron chi connectivity index (χ2n) is 13.9. The van der Waals surface area contributed by atoms with Crippen LogP contribution in [-0.4, -0.2) is 185 Å². The highest BCUT2D eigenvalue weighted by Gasteiger charge is 2.54. The first-order valence-corrected chi connectivity index (χ1v) is 17.5. The molecule has 0 saturated carbocycles. The summed E-state index contributed by atoms with van der Waals surface area (Å²) in [6.07, 6.45) is 1.13. The molecule has 1 aromatic carbocycles. The van der Waals surface area contributed by atoms with Crippen molar-refractivity contribution < 1.29 is 53.2 Å². The van der Waals surface area contributed by atoms with Crippen LogP contribution < -0.4 is 10.6 Å². The number of ether oxygens (including phenoxy) is 1. The maximum absolute atomic E-state index is 13.2. The zero-order valence-corrected chi connectivity index (χ0v) is 29.1. The Bertz CT molecular complexity index is 1540. The highest BCUT2D eigenvalue weighted by molar-refractivity contribution is 6.43. The third-order valence-corrected chi connectivity index (χ3v) is 9.92. The zero-order chi connectivity index (χ0) is 37.0. The topological polar surface area (TPSA) is 214 Å². The molecule has 0 aromatic heterocycles. The smallest absolute Gasteiger partial charge is 0.433 e. The molecule has 1 spiro atoms. The number of rotatable bonds is 8. The lowest BCUT2D eigenvalue weighted by molar-refractivity contribution is -0.414. The van der Waals surface area contributed by atoms with Gasteiger partial charge in [0, 0.05) is 57.9 Å². The quantitative estimate of drug-likeness (QED) is 0.149. The van der Waals surface area contributed by atoms with Gasteiger partial charge in [0.2, 0.25) is 11.8 Å². The minimum absolute atomic E-state index is 0.0281. The summed E-state index contributed by atoms with van der Waals surface area (Å²) >= 11 is 0. The summed E-state index contributed by atoms with van der Waals surface area (Å²) in [6.45, 7) is 4.70. The first kappa shape index (κ1) is 37.6. The van der Waals surface area contributed by atoms with Crippen molar-refractivity contribution >= 4 is 42.7 Å². The van der Waals surface area contributed by atoms with Gasteiger partial charge < -0.3 is 40.0 Å². The molecule has 52 heavy (non-hydrogen) atoms. The number of amides is 3. The Balaban J connectivity index is 1.04. The minimum atomic E-state index is -1.64. The maximum atomic E-state index is 13.2. The lowest BCUT2D eigenvalue weighted by Gasteiger charge is -2.45. The van der Waals surface area contributed by atoms with Crippen molar-refractivity contribution in [2.45, 2.75) is 44.0 Å². The monoisotopic (exact) mass is 728 g/mol. The van der Waals surface area contributed by atoms with Gasteiger partial charge in [0.15, 0.2) is 0 Å². The molecule has 4 N–H and O–H groups in total. The number of hydroxylamine groups is 2. The van der Waals surface area contributed by atoms with Gasteiger partial charge in [0.05, 0.1) is 50.4 Å². The number of hydrogen-bond acceptors (Lipinski definition) is 16. The van der Waals surface area contributed by atoms with E-state index in [2.05, 4.69) is 10.6 Å². The van der Waals surface area contributed by atoms with Crippen LogP contribution in [0.3, 0.4) is 0 Å². The molecule has 6 aliphatic rings. The number of nitrogens with one attached hydrogen (secondary N) is 2. The second kappa shape index (κ2) is 16.2. The summed E-state index contributed by atoms with van der Waals surface area (Å²) in [5.74, 6) is -3.65. The molecule has 6 fully saturated rings. The van der Waals surface area contributed by atoms with Crippen LogP contribution >= 0.6 is 0 Å². The van der Waals surface area contributed by atoms with Crippen molar-refractivity contribution in [2.24, 2.45) is 0 Å². The predicted molar refractivity (Wildman–Crippen MR) is 179 cm³/mol. The molecular formula is C32H45BN8O11. The number of morpholine rings is 1. The number of carbonyl (C=O) groups is 6. The Morgan fingerprint density at radius 3 is 2.13 bits per heavy atom. The summed E-state index contributed by atoms with van der Waals surface area (Å²) in [5.41, 5.74) is -0.481. The molecule has 5 unspecified atom stereocenters. The molecule has 1 aromatic rings. The maximum Gasteiger partial charge on any atom is 0.475 e. The molecule has 6 saturated heterocycles. The van der Waals surface area contributed by atoms with Crippen LogP contribution in [0.25, 0.3) is 0 Å². The van der Waals surface area contributed by atoms with Crippen molar-refractivity contribution in [2.75, 3.05) is 85.1 Å². The fourth-order valence-corrected chi connectivity index (χ4v) is 7.20. The Morgan fingerprint density at radius 1 is 0.865 bits per heavy atom. The van der Waals surface area contributed by atoms with Crippen molar-refractivity contribution in [3.63, 3.8) is 0 Å². The number of esters is 1. The van der Waals surface area contributed by atoms with Gasteiger partial charge in [-0.2, -0.15) is 0 Å². The molecule has 6 heterocycles. The summed E-state index contributed by atoms with van der Waals surface area (Å²) in [4.78, 5) is 97.0. The fraction of sp³-hybridized carbons (Fsp3) is 0.625. The van der Waals surface area contributed by atoms with E-state index in [1.165, 1.54) is 4.90 Å². The molecule has 7 rings (SSSR count). The van der Waals surface area contributed by atoms with E-state index in [-0.39, 0.29) is 57.6 Å². The molecule has 19 nitrogen and oxygen atoms in total. The normalized spacial score (nSPS) is 30.2. The molecule has 0 aliphatic carbocycles. The molecule has 282 valence electrons. The molecule has 20 heteroatoms. The van der Waals surface area contributed by atoms with E-state index in [0.717, 1.165) is 10.8 Å². The van der Waals surface area contributed by atoms with Gasteiger partial charge in [0.1, 0.15) is 6.04 Å². The molecule has 3 amide bonds. The predicted octanol–water partition coefficient (Wildman–Crippen LogP) is -3.86. The van der Waals surface area contributed by atoms with E-state index in [1.54, 1.807) is 31.2 Å². The summed E-state index contributed by atoms with van der Waals surface area (Å²) in [7, 11) is -1.64. The van der Waals surface area contributed by atoms with Crippen LogP contribution in [0.2, 0.25) is 0 Å². The zero-order valence-electron chi connectivity index (χ0n) is 29.1. The van der Waals surface area contributed by atoms with Gasteiger partial charge >= 0.3 is 25.0 Å². The van der Waals surface area contributed by atoms with Crippen LogP contribution in [0.15, 0.2) is 24.3 Å². The molecule has 7 atom stereocenters. The highest BCUT2D eigenvalue weighted by atomic mass is 17.0. The lowest BCUT2D eigenvalue weighted by atomic mass is 9.78. The van der Waals surface area contributed by atoms with Gasteiger partial charge in [-0.3, -0.25) is 38.8 Å². The summed E-state index contributed by atoms with van der Waals surface area (Å²) < 4.78 is 5.76. The van der Waals surface area contributed by atoms with Gasteiger partial charge in [0.25, 0.3) is 11.6 Å². The first-order valence-electron chi connectivity index (χ1n) is 17.5. The van der Waals surface area contributed by atoms with Crippen molar-refractivity contribution in [1.82, 2.24) is 40.4 Å². The third kappa shape index (κ3) is 9.06. The van der Waals surface area contributed by atoms with E-state index in [0.29, 0.717) is 64.2 Å². The fourth-order valence-electron chi connectivity index (χ4n) is 7.20. The first-order chi connectivity index (χ1) is 24.9. The standard InChI is InChI=1S/C32H45BN8O11/c1-22(31(47)40-8-2-3-25(40)33(48)49)35-30(46)24-6-4-23(5-7-24)15-34-26(42)16-36-9-10-37-12-14-39-19-29(45)52-41(51-28(44)18-37)32(21-39)20-38(13-11-36)17-27(43)50-32/h4-7,22,25,48-49H,2-3,8-21H2,1H3,(H,34,42)(H,35,46)/t22-,25+,32?/m1/s1. The number of hydrogen-bond donors (Lipinski definition) is 4. The van der Waals surface area contributed by atoms with Crippen LogP contribution in [0.4, 0.5) is 0 Å². The number of nitrogens with zero attached hydrogens (tertiary/aromatic N) is 6. The average Bonchev–Trinajstić information content (AvgIpc) is 3.55. The number of likely N-dealkylation sites (tertiary alicyclic amines) is 1. The van der Waals surface area contributed by atoms with Crippen molar-refractivity contribution in [3.05, 3.63) is 35.4 Å². The Morgan fingerprint density at radius 2 is 1.46 bits per heavy atom. The van der Waals surface area contributed by atoms with Gasteiger partial charge in [-0.15, -0.1) is 0 Å².